The maximum atomic E-state index is 11.2. The van der Waals surface area contributed by atoms with Crippen LogP contribution in [0.4, 0.5) is 0 Å². The van der Waals surface area contributed by atoms with E-state index in [-0.39, 0.29) is 12.4 Å². The van der Waals surface area contributed by atoms with E-state index >= 15 is 0 Å². The lowest BCUT2D eigenvalue weighted by molar-refractivity contribution is -0.142. The molecule has 104 valence electrons. The highest BCUT2D eigenvalue weighted by molar-refractivity contribution is 5.82. The van der Waals surface area contributed by atoms with E-state index in [1.165, 1.54) is 0 Å². The van der Waals surface area contributed by atoms with Crippen molar-refractivity contribution < 1.29 is 14.3 Å². The van der Waals surface area contributed by atoms with Crippen LogP contribution >= 0.6 is 0 Å². The monoisotopic (exact) mass is 271 g/mol. The molecule has 2 aromatic rings. The number of aromatic nitrogens is 1. The Morgan fingerprint density at radius 1 is 1.30 bits per heavy atom. The third-order valence-corrected chi connectivity index (χ3v) is 2.80. The number of esters is 1. The minimum atomic E-state index is -0.212. The van der Waals surface area contributed by atoms with E-state index in [1.807, 2.05) is 36.4 Å². The smallest absolute Gasteiger partial charge is 0.309 e. The molecule has 0 fully saturated rings. The molecule has 20 heavy (non-hydrogen) atoms. The highest BCUT2D eigenvalue weighted by atomic mass is 16.5. The van der Waals surface area contributed by atoms with Crippen LogP contribution in [0.3, 0.4) is 0 Å². The first-order valence-electron chi connectivity index (χ1n) is 6.50. The van der Waals surface area contributed by atoms with E-state index in [0.29, 0.717) is 12.5 Å². The molecular formula is C16H17NO3. The van der Waals surface area contributed by atoms with E-state index in [4.69, 9.17) is 9.47 Å². The van der Waals surface area contributed by atoms with Crippen LogP contribution < -0.4 is 4.74 Å². The van der Waals surface area contributed by atoms with E-state index < -0.39 is 0 Å². The Bertz CT molecular complexity index is 635. The van der Waals surface area contributed by atoms with Crippen LogP contribution in [0.25, 0.3) is 17.0 Å². The molecule has 0 aliphatic rings. The fraction of sp³-hybridized carbons (Fsp3) is 0.250. The zero-order valence-corrected chi connectivity index (χ0v) is 11.6. The third-order valence-electron chi connectivity index (χ3n) is 2.80. The van der Waals surface area contributed by atoms with Gasteiger partial charge in [-0.1, -0.05) is 18.2 Å². The first-order chi connectivity index (χ1) is 9.72. The highest BCUT2D eigenvalue weighted by Gasteiger charge is 1.99. The zero-order chi connectivity index (χ0) is 14.4. The number of methoxy groups -OCH3 is 1. The molecule has 1 aromatic heterocycles. The third kappa shape index (κ3) is 3.57. The molecule has 1 aromatic carbocycles. The van der Waals surface area contributed by atoms with Gasteiger partial charge in [0.15, 0.2) is 0 Å². The molecule has 0 unspecified atom stereocenters. The summed E-state index contributed by atoms with van der Waals surface area (Å²) in [7, 11) is 1.60. The first-order valence-corrected chi connectivity index (χ1v) is 6.50. The normalized spacial score (nSPS) is 10.9. The van der Waals surface area contributed by atoms with E-state index in [9.17, 15) is 4.79 Å². The largest absolute Gasteiger partial charge is 0.481 e. The van der Waals surface area contributed by atoms with Gasteiger partial charge in [-0.3, -0.25) is 4.79 Å². The van der Waals surface area contributed by atoms with Crippen LogP contribution in [0.15, 0.2) is 36.4 Å². The maximum Gasteiger partial charge on any atom is 0.309 e. The molecule has 0 radical (unpaired) electrons. The second kappa shape index (κ2) is 6.70. The van der Waals surface area contributed by atoms with E-state index in [2.05, 4.69) is 4.98 Å². The lowest BCUT2D eigenvalue weighted by Gasteiger charge is -2.02. The highest BCUT2D eigenvalue weighted by Crippen LogP contribution is 2.18. The van der Waals surface area contributed by atoms with Gasteiger partial charge in [-0.15, -0.1) is 0 Å². The number of nitrogens with zero attached hydrogens (tertiary/aromatic N) is 1. The molecule has 0 saturated carbocycles. The minimum absolute atomic E-state index is 0.212. The second-order valence-corrected chi connectivity index (χ2v) is 4.22. The average molecular weight is 271 g/mol. The summed E-state index contributed by atoms with van der Waals surface area (Å²) in [6.07, 6.45) is 3.99. The van der Waals surface area contributed by atoms with Crippen molar-refractivity contribution >= 4 is 22.9 Å². The minimum Gasteiger partial charge on any atom is -0.481 e. The van der Waals surface area contributed by atoms with Gasteiger partial charge in [0.05, 0.1) is 25.7 Å². The molecule has 0 amide bonds. The molecule has 1 heterocycles. The van der Waals surface area contributed by atoms with Gasteiger partial charge >= 0.3 is 5.97 Å². The van der Waals surface area contributed by atoms with Gasteiger partial charge < -0.3 is 9.47 Å². The molecule has 0 bridgehead atoms. The summed E-state index contributed by atoms with van der Waals surface area (Å²) in [6, 6.07) is 9.69. The summed E-state index contributed by atoms with van der Waals surface area (Å²) in [5.41, 5.74) is 1.90. The first kappa shape index (κ1) is 14.1. The Balaban J connectivity index is 2.12. The molecular weight excluding hydrogens is 254 g/mol. The van der Waals surface area contributed by atoms with Crippen LogP contribution in [0.2, 0.25) is 0 Å². The Kier molecular flexibility index (Phi) is 4.71. The lowest BCUT2D eigenvalue weighted by Crippen LogP contribution is -2.01. The Hall–Kier alpha value is -2.36. The standard InChI is InChI=1S/C16H17NO3/c1-3-20-16(18)6-4-5-12-7-9-14-13(11-12)8-10-15(17-14)19-2/h4-5,7-11H,3,6H2,1-2H3. The van der Waals surface area contributed by atoms with Gasteiger partial charge in [0.25, 0.3) is 0 Å². The number of pyridine rings is 1. The van der Waals surface area contributed by atoms with Gasteiger partial charge in [-0.25, -0.2) is 4.98 Å². The molecule has 0 aliphatic heterocycles. The summed E-state index contributed by atoms with van der Waals surface area (Å²) < 4.78 is 9.95. The molecule has 0 N–H and O–H groups in total. The zero-order valence-electron chi connectivity index (χ0n) is 11.6. The van der Waals surface area contributed by atoms with Crippen LogP contribution in [0.5, 0.6) is 5.88 Å². The summed E-state index contributed by atoms with van der Waals surface area (Å²) in [5.74, 6) is 0.388. The molecule has 0 atom stereocenters. The Labute approximate surface area is 118 Å². The van der Waals surface area contributed by atoms with Crippen molar-refractivity contribution in [3.05, 3.63) is 42.0 Å². The summed E-state index contributed by atoms with van der Waals surface area (Å²) in [4.78, 5) is 15.6. The van der Waals surface area contributed by atoms with Crippen molar-refractivity contribution in [2.24, 2.45) is 0 Å². The fourth-order valence-corrected chi connectivity index (χ4v) is 1.85. The fourth-order valence-electron chi connectivity index (χ4n) is 1.85. The predicted octanol–water partition coefficient (Wildman–Crippen LogP) is 3.21. The quantitative estimate of drug-likeness (QED) is 0.783. The van der Waals surface area contributed by atoms with Crippen molar-refractivity contribution in [3.8, 4) is 5.88 Å². The number of carbonyl (C=O) groups excluding carboxylic acids is 1. The van der Waals surface area contributed by atoms with E-state index in [0.717, 1.165) is 16.5 Å². The molecule has 0 aliphatic carbocycles. The SMILES string of the molecule is CCOC(=O)CC=Cc1ccc2nc(OC)ccc2c1. The number of rotatable bonds is 5. The van der Waals surface area contributed by atoms with Crippen molar-refractivity contribution in [2.75, 3.05) is 13.7 Å². The Morgan fingerprint density at radius 2 is 2.15 bits per heavy atom. The number of ether oxygens (including phenoxy) is 2. The molecule has 0 saturated heterocycles. The lowest BCUT2D eigenvalue weighted by atomic mass is 10.1. The number of hydrogen-bond acceptors (Lipinski definition) is 4. The number of benzene rings is 1. The topological polar surface area (TPSA) is 48.4 Å². The van der Waals surface area contributed by atoms with E-state index in [1.54, 1.807) is 20.1 Å². The summed E-state index contributed by atoms with van der Waals surface area (Å²) in [5, 5.41) is 1.03. The predicted molar refractivity (Wildman–Crippen MR) is 78.6 cm³/mol. The van der Waals surface area contributed by atoms with Crippen LogP contribution in [-0.2, 0) is 9.53 Å². The Morgan fingerprint density at radius 3 is 2.90 bits per heavy atom. The van der Waals surface area contributed by atoms with Gasteiger partial charge in [-0.2, -0.15) is 0 Å². The average Bonchev–Trinajstić information content (AvgIpc) is 2.47. The molecule has 2 rings (SSSR count). The van der Waals surface area contributed by atoms with Crippen LogP contribution in [0.1, 0.15) is 18.9 Å². The van der Waals surface area contributed by atoms with Crippen LogP contribution in [0, 0.1) is 0 Å². The summed E-state index contributed by atoms with van der Waals surface area (Å²) >= 11 is 0. The van der Waals surface area contributed by atoms with Crippen LogP contribution in [-0.4, -0.2) is 24.7 Å². The van der Waals surface area contributed by atoms with Crippen molar-refractivity contribution in [3.63, 3.8) is 0 Å². The molecule has 4 nitrogen and oxygen atoms in total. The second-order valence-electron chi connectivity index (χ2n) is 4.22. The van der Waals surface area contributed by atoms with Crippen molar-refractivity contribution in [1.29, 1.82) is 0 Å². The number of carbonyl (C=O) groups is 1. The number of hydrogen-bond donors (Lipinski definition) is 0. The van der Waals surface area contributed by atoms with Gasteiger partial charge in [-0.05, 0) is 30.7 Å². The molecule has 4 heteroatoms. The summed E-state index contributed by atoms with van der Waals surface area (Å²) in [6.45, 7) is 2.21. The van der Waals surface area contributed by atoms with Gasteiger partial charge in [0.1, 0.15) is 0 Å². The number of fused-ring (bicyclic) bond motifs is 1. The van der Waals surface area contributed by atoms with Gasteiger partial charge in [0, 0.05) is 11.5 Å². The van der Waals surface area contributed by atoms with Crippen molar-refractivity contribution in [2.45, 2.75) is 13.3 Å². The molecule has 0 spiro atoms. The van der Waals surface area contributed by atoms with Gasteiger partial charge in [0.2, 0.25) is 5.88 Å². The maximum absolute atomic E-state index is 11.2. The van der Waals surface area contributed by atoms with Crippen molar-refractivity contribution in [1.82, 2.24) is 4.98 Å².